The summed E-state index contributed by atoms with van der Waals surface area (Å²) >= 11 is 1.03. The Bertz CT molecular complexity index is 869. The molecule has 31 heavy (non-hydrogen) atoms. The second kappa shape index (κ2) is 10.4. The molecular formula is C19H23F4N5O2S. The standard InChI is InChI=1S/C19H23F4N5O2S/c1-13(17(29)24-12-19(21,22)23)31-18-26-25-16(14-2-4-15(20)5-3-14)28(18)7-6-27-8-10-30-11-9-27/h2-5,13H,6-12H2,1H3,(H,24,29). The maximum Gasteiger partial charge on any atom is 0.405 e. The Morgan fingerprint density at radius 2 is 1.87 bits per heavy atom. The lowest BCUT2D eigenvalue weighted by atomic mass is 10.2. The first-order valence-electron chi connectivity index (χ1n) is 9.73. The van der Waals surface area contributed by atoms with Crippen LogP contribution in [0.1, 0.15) is 6.92 Å². The van der Waals surface area contributed by atoms with Crippen LogP contribution in [0, 0.1) is 5.82 Å². The molecule has 1 saturated heterocycles. The van der Waals surface area contributed by atoms with Gasteiger partial charge in [-0.2, -0.15) is 13.2 Å². The van der Waals surface area contributed by atoms with Gasteiger partial charge in [0.15, 0.2) is 11.0 Å². The van der Waals surface area contributed by atoms with Crippen molar-refractivity contribution in [1.29, 1.82) is 0 Å². The van der Waals surface area contributed by atoms with E-state index < -0.39 is 23.9 Å². The molecule has 1 aromatic carbocycles. The van der Waals surface area contributed by atoms with Gasteiger partial charge in [-0.05, 0) is 31.2 Å². The van der Waals surface area contributed by atoms with Gasteiger partial charge in [-0.3, -0.25) is 9.69 Å². The quantitative estimate of drug-likeness (QED) is 0.481. The third kappa shape index (κ3) is 6.91. The molecule has 2 heterocycles. The number of carbonyl (C=O) groups excluding carboxylic acids is 1. The molecule has 0 aliphatic carbocycles. The highest BCUT2D eigenvalue weighted by atomic mass is 32.2. The molecule has 170 valence electrons. The van der Waals surface area contributed by atoms with Gasteiger partial charge in [-0.25, -0.2) is 4.39 Å². The molecule has 1 fully saturated rings. The number of ether oxygens (including phenoxy) is 1. The fourth-order valence-corrected chi connectivity index (χ4v) is 3.90. The largest absolute Gasteiger partial charge is 0.405 e. The van der Waals surface area contributed by atoms with Crippen molar-refractivity contribution in [2.45, 2.75) is 30.1 Å². The summed E-state index contributed by atoms with van der Waals surface area (Å²) in [4.78, 5) is 14.3. The van der Waals surface area contributed by atoms with Crippen LogP contribution in [0.3, 0.4) is 0 Å². The van der Waals surface area contributed by atoms with Crippen molar-refractivity contribution in [2.24, 2.45) is 0 Å². The lowest BCUT2D eigenvalue weighted by molar-refractivity contribution is -0.137. The van der Waals surface area contributed by atoms with E-state index in [0.29, 0.717) is 42.8 Å². The fourth-order valence-electron chi connectivity index (χ4n) is 3.00. The second-order valence-corrected chi connectivity index (χ2v) is 8.32. The van der Waals surface area contributed by atoms with Crippen LogP contribution in [0.25, 0.3) is 11.4 Å². The summed E-state index contributed by atoms with van der Waals surface area (Å²) in [5.74, 6) is -0.625. The summed E-state index contributed by atoms with van der Waals surface area (Å²) in [5, 5.41) is 9.82. The number of aromatic nitrogens is 3. The summed E-state index contributed by atoms with van der Waals surface area (Å²) in [6, 6.07) is 5.80. The number of thioether (sulfide) groups is 1. The predicted octanol–water partition coefficient (Wildman–Crippen LogP) is 2.58. The minimum atomic E-state index is -4.48. The molecule has 1 amide bonds. The molecule has 1 aliphatic rings. The number of amides is 1. The molecule has 3 rings (SSSR count). The predicted molar refractivity (Wildman–Crippen MR) is 107 cm³/mol. The summed E-state index contributed by atoms with van der Waals surface area (Å²) in [6.45, 7) is 4.16. The Labute approximate surface area is 181 Å². The van der Waals surface area contributed by atoms with Crippen molar-refractivity contribution in [3.8, 4) is 11.4 Å². The van der Waals surface area contributed by atoms with Crippen LogP contribution in [0.5, 0.6) is 0 Å². The van der Waals surface area contributed by atoms with Crippen LogP contribution in [-0.4, -0.2) is 76.4 Å². The van der Waals surface area contributed by atoms with E-state index in [2.05, 4.69) is 15.1 Å². The molecule has 0 radical (unpaired) electrons. The third-order valence-electron chi connectivity index (χ3n) is 4.68. The highest BCUT2D eigenvalue weighted by Crippen LogP contribution is 2.27. The van der Waals surface area contributed by atoms with Gasteiger partial charge < -0.3 is 14.6 Å². The smallest absolute Gasteiger partial charge is 0.379 e. The summed E-state index contributed by atoms with van der Waals surface area (Å²) in [7, 11) is 0. The van der Waals surface area contributed by atoms with Crippen LogP contribution in [0.4, 0.5) is 17.6 Å². The maximum atomic E-state index is 13.3. The van der Waals surface area contributed by atoms with E-state index in [-0.39, 0.29) is 5.82 Å². The lowest BCUT2D eigenvalue weighted by Crippen LogP contribution is -2.38. The van der Waals surface area contributed by atoms with E-state index in [4.69, 9.17) is 4.74 Å². The van der Waals surface area contributed by atoms with Gasteiger partial charge in [0.05, 0.1) is 18.5 Å². The zero-order valence-corrected chi connectivity index (χ0v) is 17.7. The number of nitrogens with zero attached hydrogens (tertiary/aromatic N) is 4. The number of alkyl halides is 3. The number of halogens is 4. The lowest BCUT2D eigenvalue weighted by Gasteiger charge is -2.27. The van der Waals surface area contributed by atoms with Gasteiger partial charge in [-0.15, -0.1) is 10.2 Å². The van der Waals surface area contributed by atoms with E-state index in [1.54, 1.807) is 16.7 Å². The van der Waals surface area contributed by atoms with Crippen molar-refractivity contribution < 1.29 is 27.1 Å². The SMILES string of the molecule is CC(Sc1nnc(-c2ccc(F)cc2)n1CCN1CCOCC1)C(=O)NCC(F)(F)F. The summed E-state index contributed by atoms with van der Waals surface area (Å²) < 4.78 is 57.6. The van der Waals surface area contributed by atoms with Gasteiger partial charge in [-0.1, -0.05) is 11.8 Å². The van der Waals surface area contributed by atoms with E-state index in [0.717, 1.165) is 24.9 Å². The highest BCUT2D eigenvalue weighted by Gasteiger charge is 2.29. The number of benzene rings is 1. The average Bonchev–Trinajstić information content (AvgIpc) is 3.13. The van der Waals surface area contributed by atoms with Gasteiger partial charge in [0.25, 0.3) is 0 Å². The average molecular weight is 461 g/mol. The Morgan fingerprint density at radius 1 is 1.19 bits per heavy atom. The number of morpholine rings is 1. The Morgan fingerprint density at radius 3 is 2.52 bits per heavy atom. The molecule has 0 saturated carbocycles. The van der Waals surface area contributed by atoms with E-state index >= 15 is 0 Å². The minimum Gasteiger partial charge on any atom is -0.379 e. The zero-order valence-electron chi connectivity index (χ0n) is 16.9. The highest BCUT2D eigenvalue weighted by molar-refractivity contribution is 8.00. The number of hydrogen-bond acceptors (Lipinski definition) is 6. The normalized spacial score (nSPS) is 16.3. The fraction of sp³-hybridized carbons (Fsp3) is 0.526. The zero-order chi connectivity index (χ0) is 22.4. The van der Waals surface area contributed by atoms with Gasteiger partial charge in [0, 0.05) is 31.7 Å². The first-order valence-corrected chi connectivity index (χ1v) is 10.6. The van der Waals surface area contributed by atoms with Crippen LogP contribution in [0.2, 0.25) is 0 Å². The Hall–Kier alpha value is -2.18. The molecule has 1 N–H and O–H groups in total. The minimum absolute atomic E-state index is 0.382. The molecule has 0 spiro atoms. The first-order chi connectivity index (χ1) is 14.7. The number of rotatable bonds is 8. The van der Waals surface area contributed by atoms with Crippen molar-refractivity contribution in [3.05, 3.63) is 30.1 Å². The van der Waals surface area contributed by atoms with Gasteiger partial charge in [0.1, 0.15) is 12.4 Å². The third-order valence-corrected chi connectivity index (χ3v) is 5.76. The van der Waals surface area contributed by atoms with Crippen LogP contribution in [-0.2, 0) is 16.1 Å². The maximum absolute atomic E-state index is 13.3. The number of carbonyl (C=O) groups is 1. The first kappa shape index (κ1) is 23.5. The summed E-state index contributed by atoms with van der Waals surface area (Å²) in [5.41, 5.74) is 0.650. The van der Waals surface area contributed by atoms with Crippen molar-refractivity contribution in [1.82, 2.24) is 25.0 Å². The van der Waals surface area contributed by atoms with E-state index in [9.17, 15) is 22.4 Å². The Kier molecular flexibility index (Phi) is 7.89. The second-order valence-electron chi connectivity index (χ2n) is 7.01. The molecule has 1 aliphatic heterocycles. The van der Waals surface area contributed by atoms with Crippen molar-refractivity contribution in [3.63, 3.8) is 0 Å². The summed E-state index contributed by atoms with van der Waals surface area (Å²) in [6.07, 6.45) is -4.48. The van der Waals surface area contributed by atoms with E-state index in [1.165, 1.54) is 19.1 Å². The monoisotopic (exact) mass is 461 g/mol. The van der Waals surface area contributed by atoms with Gasteiger partial charge >= 0.3 is 6.18 Å². The topological polar surface area (TPSA) is 72.3 Å². The molecule has 1 atom stereocenters. The molecule has 1 unspecified atom stereocenters. The van der Waals surface area contributed by atoms with Crippen LogP contribution in [0.15, 0.2) is 29.4 Å². The number of hydrogen-bond donors (Lipinski definition) is 1. The molecule has 1 aromatic heterocycles. The van der Waals surface area contributed by atoms with Crippen LogP contribution >= 0.6 is 11.8 Å². The van der Waals surface area contributed by atoms with Crippen molar-refractivity contribution >= 4 is 17.7 Å². The van der Waals surface area contributed by atoms with Crippen LogP contribution < -0.4 is 5.32 Å². The molecule has 2 aromatic rings. The van der Waals surface area contributed by atoms with Gasteiger partial charge in [0.2, 0.25) is 5.91 Å². The number of nitrogens with one attached hydrogen (secondary N) is 1. The van der Waals surface area contributed by atoms with Crippen molar-refractivity contribution in [2.75, 3.05) is 39.4 Å². The molecule has 0 bridgehead atoms. The molecule has 12 heteroatoms. The molecule has 7 nitrogen and oxygen atoms in total. The van der Waals surface area contributed by atoms with E-state index in [1.807, 2.05) is 5.32 Å². The Balaban J connectivity index is 1.76. The molecular weight excluding hydrogens is 438 g/mol.